The fourth-order valence-corrected chi connectivity index (χ4v) is 2.08. The zero-order chi connectivity index (χ0) is 18.1. The lowest BCUT2D eigenvalue weighted by Gasteiger charge is -2.14. The molecule has 0 aliphatic heterocycles. The molecule has 130 valence electrons. The minimum atomic E-state index is -0.321. The van der Waals surface area contributed by atoms with Crippen molar-refractivity contribution >= 4 is 18.2 Å². The molecular formula is C20H22N2O3. The molecule has 1 amide bonds. The van der Waals surface area contributed by atoms with E-state index in [4.69, 9.17) is 9.47 Å². The number of rotatable bonds is 7. The number of allylic oxidation sites excluding steroid dienone is 1. The van der Waals surface area contributed by atoms with Crippen molar-refractivity contribution in [2.45, 2.75) is 20.0 Å². The van der Waals surface area contributed by atoms with Crippen LogP contribution in [0.2, 0.25) is 0 Å². The maximum atomic E-state index is 12.1. The molecule has 0 saturated heterocycles. The highest BCUT2D eigenvalue weighted by Crippen LogP contribution is 2.28. The van der Waals surface area contributed by atoms with Crippen LogP contribution in [-0.4, -0.2) is 25.3 Å². The second-order valence-corrected chi connectivity index (χ2v) is 5.52. The zero-order valence-corrected chi connectivity index (χ0v) is 14.6. The Balaban J connectivity index is 1.96. The second-order valence-electron chi connectivity index (χ2n) is 5.52. The fraction of sp³-hybridized carbons (Fsp3) is 0.200. The Morgan fingerprint density at radius 1 is 1.12 bits per heavy atom. The van der Waals surface area contributed by atoms with Crippen LogP contribution in [0.5, 0.6) is 11.5 Å². The number of nitrogens with one attached hydrogen (secondary N) is 1. The Morgan fingerprint density at radius 3 is 2.56 bits per heavy atom. The van der Waals surface area contributed by atoms with E-state index in [2.05, 4.69) is 10.5 Å². The van der Waals surface area contributed by atoms with Gasteiger partial charge in [0.1, 0.15) is 0 Å². The smallest absolute Gasteiger partial charge is 0.271 e. The maximum Gasteiger partial charge on any atom is 0.271 e. The zero-order valence-electron chi connectivity index (χ0n) is 14.6. The summed E-state index contributed by atoms with van der Waals surface area (Å²) in [5, 5.41) is 3.91. The van der Waals surface area contributed by atoms with E-state index in [1.165, 1.54) is 13.3 Å². The van der Waals surface area contributed by atoms with E-state index in [0.717, 1.165) is 5.56 Å². The third-order valence-corrected chi connectivity index (χ3v) is 3.20. The third kappa shape index (κ3) is 5.80. The number of methoxy groups -OCH3 is 1. The van der Waals surface area contributed by atoms with Crippen molar-refractivity contribution in [1.29, 1.82) is 0 Å². The maximum absolute atomic E-state index is 12.1. The molecule has 0 aliphatic rings. The number of benzene rings is 2. The van der Waals surface area contributed by atoms with E-state index in [0.29, 0.717) is 17.1 Å². The number of carbonyl (C=O) groups is 1. The van der Waals surface area contributed by atoms with Gasteiger partial charge >= 0.3 is 0 Å². The van der Waals surface area contributed by atoms with E-state index < -0.39 is 0 Å². The minimum Gasteiger partial charge on any atom is -0.493 e. The lowest BCUT2D eigenvalue weighted by atomic mass is 10.2. The predicted octanol–water partition coefficient (Wildman–Crippen LogP) is 3.91. The normalized spacial score (nSPS) is 11.2. The molecule has 0 aromatic heterocycles. The molecule has 25 heavy (non-hydrogen) atoms. The lowest BCUT2D eigenvalue weighted by Crippen LogP contribution is -2.17. The van der Waals surface area contributed by atoms with Gasteiger partial charge in [0.15, 0.2) is 11.5 Å². The summed E-state index contributed by atoms with van der Waals surface area (Å²) in [4.78, 5) is 12.1. The molecule has 2 aromatic carbocycles. The number of hydrazone groups is 1. The van der Waals surface area contributed by atoms with Crippen molar-refractivity contribution in [2.24, 2.45) is 5.10 Å². The highest BCUT2D eigenvalue weighted by Gasteiger charge is 2.11. The first kappa shape index (κ1) is 18.3. The standard InChI is InChI=1S/C20H22N2O3/c1-15(2)25-18-12-11-17(14-19(18)24-3)20(23)22-21-13-7-10-16-8-5-4-6-9-16/h4-15H,1-3H3,(H,22,23)/b10-7+,21-13-. The molecule has 0 heterocycles. The van der Waals surface area contributed by atoms with Gasteiger partial charge in [-0.05, 0) is 43.7 Å². The van der Waals surface area contributed by atoms with Crippen molar-refractivity contribution < 1.29 is 14.3 Å². The molecule has 0 spiro atoms. The first-order valence-electron chi connectivity index (χ1n) is 8.00. The quantitative estimate of drug-likeness (QED) is 0.615. The van der Waals surface area contributed by atoms with Gasteiger partial charge in [-0.25, -0.2) is 5.43 Å². The number of hydrogen-bond donors (Lipinski definition) is 1. The van der Waals surface area contributed by atoms with E-state index in [-0.39, 0.29) is 12.0 Å². The summed E-state index contributed by atoms with van der Waals surface area (Å²) in [5.41, 5.74) is 3.98. The van der Waals surface area contributed by atoms with Gasteiger partial charge in [-0.1, -0.05) is 36.4 Å². The first-order chi connectivity index (χ1) is 12.1. The molecule has 0 aliphatic carbocycles. The first-order valence-corrected chi connectivity index (χ1v) is 8.00. The number of carbonyl (C=O) groups excluding carboxylic acids is 1. The summed E-state index contributed by atoms with van der Waals surface area (Å²) >= 11 is 0. The van der Waals surface area contributed by atoms with Gasteiger partial charge in [0, 0.05) is 11.8 Å². The summed E-state index contributed by atoms with van der Waals surface area (Å²) in [7, 11) is 1.54. The molecule has 0 radical (unpaired) electrons. The molecule has 0 bridgehead atoms. The van der Waals surface area contributed by atoms with Gasteiger partial charge < -0.3 is 9.47 Å². The van der Waals surface area contributed by atoms with Crippen LogP contribution in [0.4, 0.5) is 0 Å². The Bertz CT molecular complexity index is 753. The van der Waals surface area contributed by atoms with Crippen molar-refractivity contribution in [1.82, 2.24) is 5.43 Å². The Labute approximate surface area is 148 Å². The van der Waals surface area contributed by atoms with Gasteiger partial charge in [-0.2, -0.15) is 5.10 Å². The Morgan fingerprint density at radius 2 is 1.88 bits per heavy atom. The van der Waals surface area contributed by atoms with Gasteiger partial charge in [-0.15, -0.1) is 0 Å². The molecular weight excluding hydrogens is 316 g/mol. The highest BCUT2D eigenvalue weighted by molar-refractivity contribution is 5.95. The Kier molecular flexibility index (Phi) is 6.77. The largest absolute Gasteiger partial charge is 0.493 e. The molecule has 0 fully saturated rings. The second kappa shape index (κ2) is 9.27. The number of ether oxygens (including phenoxy) is 2. The molecule has 5 nitrogen and oxygen atoms in total. The molecule has 5 heteroatoms. The minimum absolute atomic E-state index is 0.0228. The van der Waals surface area contributed by atoms with Crippen molar-refractivity contribution in [3.8, 4) is 11.5 Å². The molecule has 2 aromatic rings. The van der Waals surface area contributed by atoms with Crippen molar-refractivity contribution in [3.63, 3.8) is 0 Å². The van der Waals surface area contributed by atoms with Crippen LogP contribution in [-0.2, 0) is 0 Å². The summed E-state index contributed by atoms with van der Waals surface area (Å²) in [6, 6.07) is 14.8. The van der Waals surface area contributed by atoms with Gasteiger partial charge in [0.05, 0.1) is 13.2 Å². The van der Waals surface area contributed by atoms with Crippen LogP contribution >= 0.6 is 0 Å². The fourth-order valence-electron chi connectivity index (χ4n) is 2.08. The average molecular weight is 338 g/mol. The topological polar surface area (TPSA) is 59.9 Å². The van der Waals surface area contributed by atoms with E-state index in [1.54, 1.807) is 24.3 Å². The molecule has 2 rings (SSSR count). The molecule has 0 atom stereocenters. The number of hydrogen-bond acceptors (Lipinski definition) is 4. The van der Waals surface area contributed by atoms with E-state index in [1.807, 2.05) is 50.3 Å². The summed E-state index contributed by atoms with van der Waals surface area (Å²) in [6.45, 7) is 3.86. The molecule has 1 N–H and O–H groups in total. The van der Waals surface area contributed by atoms with E-state index in [9.17, 15) is 4.79 Å². The van der Waals surface area contributed by atoms with Crippen LogP contribution in [0.1, 0.15) is 29.8 Å². The third-order valence-electron chi connectivity index (χ3n) is 3.20. The van der Waals surface area contributed by atoms with Gasteiger partial charge in [0.2, 0.25) is 0 Å². The number of nitrogens with zero attached hydrogens (tertiary/aromatic N) is 1. The monoisotopic (exact) mass is 338 g/mol. The summed E-state index contributed by atoms with van der Waals surface area (Å²) in [5.74, 6) is 0.788. The van der Waals surface area contributed by atoms with Crippen molar-refractivity contribution in [2.75, 3.05) is 7.11 Å². The lowest BCUT2D eigenvalue weighted by molar-refractivity contribution is 0.0954. The van der Waals surface area contributed by atoms with Gasteiger partial charge in [-0.3, -0.25) is 4.79 Å². The van der Waals surface area contributed by atoms with Crippen LogP contribution in [0, 0.1) is 0 Å². The molecule has 0 saturated carbocycles. The summed E-state index contributed by atoms with van der Waals surface area (Å²) in [6.07, 6.45) is 5.21. The predicted molar refractivity (Wildman–Crippen MR) is 100 cm³/mol. The number of amides is 1. The molecule has 0 unspecified atom stereocenters. The SMILES string of the molecule is COc1cc(C(=O)N/N=C\C=C\c2ccccc2)ccc1OC(C)C. The van der Waals surface area contributed by atoms with Gasteiger partial charge in [0.25, 0.3) is 5.91 Å². The summed E-state index contributed by atoms with van der Waals surface area (Å²) < 4.78 is 10.9. The van der Waals surface area contributed by atoms with Crippen LogP contribution in [0.25, 0.3) is 6.08 Å². The van der Waals surface area contributed by atoms with Crippen molar-refractivity contribution in [3.05, 3.63) is 65.7 Å². The van der Waals surface area contributed by atoms with E-state index >= 15 is 0 Å². The highest BCUT2D eigenvalue weighted by atomic mass is 16.5. The van der Waals surface area contributed by atoms with Crippen LogP contribution in [0.3, 0.4) is 0 Å². The Hall–Kier alpha value is -3.08. The van der Waals surface area contributed by atoms with Crippen LogP contribution < -0.4 is 14.9 Å². The average Bonchev–Trinajstić information content (AvgIpc) is 2.62. The van der Waals surface area contributed by atoms with Crippen LogP contribution in [0.15, 0.2) is 59.7 Å².